The number of rotatable bonds is 7. The molecule has 0 aliphatic carbocycles. The predicted octanol–water partition coefficient (Wildman–Crippen LogP) is 3.27. The molecular weight excluding hydrogens is 346 g/mol. The lowest BCUT2D eigenvalue weighted by atomic mass is 10.0. The number of aromatic nitrogens is 1. The molecule has 1 heterocycles. The number of benzene rings is 2. The van der Waals surface area contributed by atoms with E-state index in [0.29, 0.717) is 11.4 Å². The van der Waals surface area contributed by atoms with Gasteiger partial charge in [-0.1, -0.05) is 36.4 Å². The van der Waals surface area contributed by atoms with Crippen molar-refractivity contribution in [1.82, 2.24) is 10.3 Å². The van der Waals surface area contributed by atoms with Crippen molar-refractivity contribution in [2.75, 3.05) is 6.61 Å². The van der Waals surface area contributed by atoms with Gasteiger partial charge in [0.25, 0.3) is 11.6 Å². The Bertz CT molecular complexity index is 860. The topological polar surface area (TPSA) is 94.4 Å². The Hall–Kier alpha value is -3.74. The number of pyridine rings is 1. The van der Waals surface area contributed by atoms with Crippen LogP contribution >= 0.6 is 0 Å². The minimum Gasteiger partial charge on any atom is -0.484 e. The van der Waals surface area contributed by atoms with Crippen LogP contribution in [0.3, 0.4) is 0 Å². The average molecular weight is 363 g/mol. The first-order chi connectivity index (χ1) is 13.1. The number of nitrogens with one attached hydrogen (secondary N) is 1. The van der Waals surface area contributed by atoms with E-state index in [2.05, 4.69) is 10.3 Å². The van der Waals surface area contributed by atoms with Gasteiger partial charge in [0.15, 0.2) is 6.61 Å². The molecule has 7 nitrogen and oxygen atoms in total. The third-order valence-electron chi connectivity index (χ3n) is 3.84. The van der Waals surface area contributed by atoms with Crippen molar-refractivity contribution in [1.29, 1.82) is 0 Å². The highest BCUT2D eigenvalue weighted by atomic mass is 16.6. The van der Waals surface area contributed by atoms with Crippen LogP contribution in [0, 0.1) is 10.1 Å². The van der Waals surface area contributed by atoms with Gasteiger partial charge in [-0.25, -0.2) is 0 Å². The maximum absolute atomic E-state index is 12.4. The molecule has 0 aliphatic heterocycles. The molecule has 1 N–H and O–H groups in total. The highest BCUT2D eigenvalue weighted by Gasteiger charge is 2.18. The van der Waals surface area contributed by atoms with Crippen LogP contribution in [-0.4, -0.2) is 22.4 Å². The molecular formula is C20H17N3O4. The van der Waals surface area contributed by atoms with Gasteiger partial charge in [-0.3, -0.25) is 19.9 Å². The van der Waals surface area contributed by atoms with E-state index in [4.69, 9.17) is 4.74 Å². The number of nitro benzene ring substituents is 1. The highest BCUT2D eigenvalue weighted by Crippen LogP contribution is 2.20. The molecule has 1 unspecified atom stereocenters. The second kappa shape index (κ2) is 8.57. The molecule has 3 rings (SSSR count). The number of ether oxygens (including phenoxy) is 1. The van der Waals surface area contributed by atoms with Crippen molar-refractivity contribution in [3.05, 3.63) is 100 Å². The van der Waals surface area contributed by atoms with Crippen molar-refractivity contribution in [2.45, 2.75) is 6.04 Å². The van der Waals surface area contributed by atoms with E-state index in [1.807, 2.05) is 48.5 Å². The van der Waals surface area contributed by atoms with Crippen molar-refractivity contribution in [2.24, 2.45) is 0 Å². The number of carbonyl (C=O) groups is 1. The molecule has 136 valence electrons. The van der Waals surface area contributed by atoms with Crippen molar-refractivity contribution < 1.29 is 14.5 Å². The molecule has 0 spiro atoms. The lowest BCUT2D eigenvalue weighted by molar-refractivity contribution is -0.384. The quantitative estimate of drug-likeness (QED) is 0.513. The predicted molar refractivity (Wildman–Crippen MR) is 99.3 cm³/mol. The Labute approximate surface area is 155 Å². The number of nitrogens with zero attached hydrogens (tertiary/aromatic N) is 2. The van der Waals surface area contributed by atoms with Crippen molar-refractivity contribution >= 4 is 11.6 Å². The van der Waals surface area contributed by atoms with Crippen LogP contribution in [-0.2, 0) is 4.79 Å². The smallest absolute Gasteiger partial charge is 0.269 e. The van der Waals surface area contributed by atoms with E-state index < -0.39 is 11.0 Å². The van der Waals surface area contributed by atoms with E-state index in [9.17, 15) is 14.9 Å². The molecule has 0 aliphatic rings. The summed E-state index contributed by atoms with van der Waals surface area (Å²) in [6, 6.07) is 20.2. The second-order valence-corrected chi connectivity index (χ2v) is 5.71. The fourth-order valence-corrected chi connectivity index (χ4v) is 2.54. The Morgan fingerprint density at radius 3 is 2.37 bits per heavy atom. The Kier molecular flexibility index (Phi) is 5.73. The normalized spacial score (nSPS) is 11.4. The van der Waals surface area contributed by atoms with Gasteiger partial charge in [-0.2, -0.15) is 0 Å². The Balaban J connectivity index is 1.67. The SMILES string of the molecule is O=C(COc1ccc([N+](=O)[O-])cc1)NC(c1ccccc1)c1ccccn1. The molecule has 27 heavy (non-hydrogen) atoms. The van der Waals surface area contributed by atoms with Gasteiger partial charge in [-0.05, 0) is 29.8 Å². The Morgan fingerprint density at radius 1 is 1.04 bits per heavy atom. The number of amides is 1. The van der Waals surface area contributed by atoms with Gasteiger partial charge in [0.05, 0.1) is 16.7 Å². The van der Waals surface area contributed by atoms with Crippen LogP contribution in [0.2, 0.25) is 0 Å². The van der Waals surface area contributed by atoms with E-state index >= 15 is 0 Å². The lowest BCUT2D eigenvalue weighted by Crippen LogP contribution is -2.33. The monoisotopic (exact) mass is 363 g/mol. The molecule has 1 aromatic heterocycles. The maximum Gasteiger partial charge on any atom is 0.269 e. The van der Waals surface area contributed by atoms with Crippen LogP contribution in [0.4, 0.5) is 5.69 Å². The van der Waals surface area contributed by atoms with Crippen molar-refractivity contribution in [3.63, 3.8) is 0 Å². The third-order valence-corrected chi connectivity index (χ3v) is 3.84. The molecule has 0 radical (unpaired) electrons. The summed E-state index contributed by atoms with van der Waals surface area (Å²) in [5.41, 5.74) is 1.58. The highest BCUT2D eigenvalue weighted by molar-refractivity contribution is 5.78. The summed E-state index contributed by atoms with van der Waals surface area (Å²) in [6.45, 7) is -0.214. The largest absolute Gasteiger partial charge is 0.484 e. The number of non-ortho nitro benzene ring substituents is 1. The second-order valence-electron chi connectivity index (χ2n) is 5.71. The fraction of sp³-hybridized carbons (Fsp3) is 0.100. The molecule has 7 heteroatoms. The van der Waals surface area contributed by atoms with Gasteiger partial charge in [0.2, 0.25) is 0 Å². The number of hydrogen-bond donors (Lipinski definition) is 1. The lowest BCUT2D eigenvalue weighted by Gasteiger charge is -2.19. The summed E-state index contributed by atoms with van der Waals surface area (Å²) in [4.78, 5) is 26.9. The van der Waals surface area contributed by atoms with Gasteiger partial charge >= 0.3 is 0 Å². The molecule has 0 fully saturated rings. The van der Waals surface area contributed by atoms with Crippen molar-refractivity contribution in [3.8, 4) is 5.75 Å². The number of hydrogen-bond acceptors (Lipinski definition) is 5. The first-order valence-corrected chi connectivity index (χ1v) is 8.26. The molecule has 3 aromatic rings. The molecule has 2 aromatic carbocycles. The number of carbonyl (C=O) groups excluding carboxylic acids is 1. The average Bonchev–Trinajstić information content (AvgIpc) is 2.72. The van der Waals surface area contributed by atoms with Crippen LogP contribution in [0.15, 0.2) is 79.0 Å². The summed E-state index contributed by atoms with van der Waals surface area (Å²) in [7, 11) is 0. The van der Waals surface area contributed by atoms with Gasteiger partial charge in [-0.15, -0.1) is 0 Å². The zero-order chi connectivity index (χ0) is 19.1. The van der Waals surface area contributed by atoms with E-state index in [0.717, 1.165) is 5.56 Å². The standard InChI is InChI=1S/C20H17N3O4/c24-19(14-27-17-11-9-16(10-12-17)23(25)26)22-20(15-6-2-1-3-7-15)18-8-4-5-13-21-18/h1-13,20H,14H2,(H,22,24). The molecule has 1 atom stereocenters. The maximum atomic E-state index is 12.4. The van der Waals surface area contributed by atoms with Gasteiger partial charge in [0, 0.05) is 18.3 Å². The minimum atomic E-state index is -0.492. The first kappa shape index (κ1) is 18.1. The van der Waals surface area contributed by atoms with E-state index in [1.54, 1.807) is 6.20 Å². The number of nitro groups is 1. The summed E-state index contributed by atoms with van der Waals surface area (Å²) in [5.74, 6) is 0.0534. The third kappa shape index (κ3) is 4.88. The molecule has 0 saturated heterocycles. The molecule has 0 bridgehead atoms. The van der Waals surface area contributed by atoms with Gasteiger partial charge < -0.3 is 10.1 Å². The summed E-state index contributed by atoms with van der Waals surface area (Å²) in [5, 5.41) is 13.6. The Morgan fingerprint density at radius 2 is 1.74 bits per heavy atom. The minimum absolute atomic E-state index is 0.0360. The fourth-order valence-electron chi connectivity index (χ4n) is 2.54. The van der Waals surface area contributed by atoms with E-state index in [-0.39, 0.29) is 18.2 Å². The van der Waals surface area contributed by atoms with Crippen LogP contribution < -0.4 is 10.1 Å². The van der Waals surface area contributed by atoms with Gasteiger partial charge in [0.1, 0.15) is 5.75 Å². The summed E-state index contributed by atoms with van der Waals surface area (Å²) >= 11 is 0. The van der Waals surface area contributed by atoms with Crippen LogP contribution in [0.25, 0.3) is 0 Å². The summed E-state index contributed by atoms with van der Waals surface area (Å²) in [6.07, 6.45) is 1.67. The van der Waals surface area contributed by atoms with Crippen LogP contribution in [0.5, 0.6) is 5.75 Å². The summed E-state index contributed by atoms with van der Waals surface area (Å²) < 4.78 is 5.42. The zero-order valence-corrected chi connectivity index (χ0v) is 14.3. The molecule has 1 amide bonds. The first-order valence-electron chi connectivity index (χ1n) is 8.26. The van der Waals surface area contributed by atoms with E-state index in [1.165, 1.54) is 24.3 Å². The zero-order valence-electron chi connectivity index (χ0n) is 14.3. The molecule has 0 saturated carbocycles. The van der Waals surface area contributed by atoms with Crippen LogP contribution in [0.1, 0.15) is 17.3 Å².